The summed E-state index contributed by atoms with van der Waals surface area (Å²) < 4.78 is 0. The van der Waals surface area contributed by atoms with Gasteiger partial charge in [0.15, 0.2) is 0 Å². The normalized spacial score (nSPS) is 21.5. The van der Waals surface area contributed by atoms with E-state index in [0.717, 1.165) is 13.1 Å². The van der Waals surface area contributed by atoms with Gasteiger partial charge in [-0.25, -0.2) is 0 Å². The molecule has 1 saturated heterocycles. The van der Waals surface area contributed by atoms with Gasteiger partial charge in [-0.05, 0) is 48.9 Å². The van der Waals surface area contributed by atoms with E-state index in [1.54, 1.807) is 5.57 Å². The summed E-state index contributed by atoms with van der Waals surface area (Å²) in [5.41, 5.74) is 4.51. The summed E-state index contributed by atoms with van der Waals surface area (Å²) in [5.74, 6) is 0. The van der Waals surface area contributed by atoms with Crippen LogP contribution in [0, 0.1) is 0 Å². The topological polar surface area (TPSA) is 6.48 Å². The van der Waals surface area contributed by atoms with Crippen molar-refractivity contribution >= 4 is 0 Å². The highest BCUT2D eigenvalue weighted by atomic mass is 15.2. The van der Waals surface area contributed by atoms with Gasteiger partial charge in [0.25, 0.3) is 0 Å². The molecule has 0 bridgehead atoms. The van der Waals surface area contributed by atoms with Crippen LogP contribution in [0.4, 0.5) is 0 Å². The first-order valence-electron chi connectivity index (χ1n) is 10.1. The lowest BCUT2D eigenvalue weighted by Crippen LogP contribution is -2.41. The number of hydrogen-bond donors (Lipinski definition) is 0. The van der Waals surface area contributed by atoms with Gasteiger partial charge in [-0.2, -0.15) is 0 Å². The zero-order valence-corrected chi connectivity index (χ0v) is 15.7. The highest BCUT2D eigenvalue weighted by Crippen LogP contribution is 2.30. The summed E-state index contributed by atoms with van der Waals surface area (Å²) in [4.78, 5) is 5.25. The lowest BCUT2D eigenvalue weighted by atomic mass is 9.90. The molecule has 2 aliphatic rings. The second kappa shape index (κ2) is 8.55. The van der Waals surface area contributed by atoms with Crippen molar-refractivity contribution in [3.63, 3.8) is 0 Å². The van der Waals surface area contributed by atoms with Crippen molar-refractivity contribution in [1.82, 2.24) is 9.80 Å². The summed E-state index contributed by atoms with van der Waals surface area (Å²) in [6.07, 6.45) is 9.06. The zero-order chi connectivity index (χ0) is 17.6. The smallest absolute Gasteiger partial charge is 0.0423 e. The number of nitrogens with zero attached hydrogens (tertiary/aromatic N) is 2. The Morgan fingerprint density at radius 3 is 2.15 bits per heavy atom. The molecule has 2 aromatic carbocycles. The minimum Gasteiger partial charge on any atom is -0.373 e. The lowest BCUT2D eigenvalue weighted by Gasteiger charge is -2.40. The Kier molecular flexibility index (Phi) is 5.71. The SMILES string of the molecule is C1=C(C2CCCCN2Cc2ccccc2)CCCN1Cc1ccccc1. The van der Waals surface area contributed by atoms with Crippen molar-refractivity contribution < 1.29 is 0 Å². The average Bonchev–Trinajstić information content (AvgIpc) is 2.70. The Hall–Kier alpha value is -2.06. The average molecular weight is 347 g/mol. The third kappa shape index (κ3) is 4.37. The van der Waals surface area contributed by atoms with Crippen LogP contribution >= 0.6 is 0 Å². The van der Waals surface area contributed by atoms with Crippen molar-refractivity contribution in [2.45, 2.75) is 51.2 Å². The molecule has 1 unspecified atom stereocenters. The predicted molar refractivity (Wildman–Crippen MR) is 109 cm³/mol. The van der Waals surface area contributed by atoms with Crippen molar-refractivity contribution in [3.05, 3.63) is 83.6 Å². The van der Waals surface area contributed by atoms with E-state index in [0.29, 0.717) is 6.04 Å². The van der Waals surface area contributed by atoms with Crippen molar-refractivity contribution in [1.29, 1.82) is 0 Å². The summed E-state index contributed by atoms with van der Waals surface area (Å²) in [6.45, 7) is 4.54. The minimum absolute atomic E-state index is 0.627. The number of likely N-dealkylation sites (tertiary alicyclic amines) is 1. The monoisotopic (exact) mass is 346 g/mol. The van der Waals surface area contributed by atoms with Crippen molar-refractivity contribution in [3.8, 4) is 0 Å². The highest BCUT2D eigenvalue weighted by molar-refractivity contribution is 5.20. The van der Waals surface area contributed by atoms with Crippen LogP contribution in [0.3, 0.4) is 0 Å². The molecule has 2 heterocycles. The van der Waals surface area contributed by atoms with E-state index in [1.807, 2.05) is 0 Å². The molecule has 1 atom stereocenters. The number of hydrogen-bond acceptors (Lipinski definition) is 2. The Balaban J connectivity index is 1.47. The first-order valence-corrected chi connectivity index (χ1v) is 10.1. The molecule has 0 amide bonds. The fraction of sp³-hybridized carbons (Fsp3) is 0.417. The third-order valence-corrected chi connectivity index (χ3v) is 5.76. The van der Waals surface area contributed by atoms with Crippen LogP contribution in [-0.4, -0.2) is 28.9 Å². The van der Waals surface area contributed by atoms with Gasteiger partial charge >= 0.3 is 0 Å². The summed E-state index contributed by atoms with van der Waals surface area (Å²) in [6, 6.07) is 22.5. The summed E-state index contributed by atoms with van der Waals surface area (Å²) in [5, 5.41) is 0. The molecule has 136 valence electrons. The zero-order valence-electron chi connectivity index (χ0n) is 15.7. The molecule has 2 heteroatoms. The molecule has 0 aromatic heterocycles. The highest BCUT2D eigenvalue weighted by Gasteiger charge is 2.27. The van der Waals surface area contributed by atoms with Crippen LogP contribution in [0.15, 0.2) is 72.4 Å². The molecule has 4 rings (SSSR count). The molecule has 0 radical (unpaired) electrons. The molecule has 0 N–H and O–H groups in total. The molecular weight excluding hydrogens is 316 g/mol. The van der Waals surface area contributed by atoms with Crippen LogP contribution in [0.2, 0.25) is 0 Å². The molecule has 2 aromatic rings. The van der Waals surface area contributed by atoms with Gasteiger partial charge in [-0.15, -0.1) is 0 Å². The summed E-state index contributed by atoms with van der Waals surface area (Å²) in [7, 11) is 0. The molecule has 2 nitrogen and oxygen atoms in total. The molecule has 0 saturated carbocycles. The fourth-order valence-electron chi connectivity index (χ4n) is 4.46. The van der Waals surface area contributed by atoms with E-state index < -0.39 is 0 Å². The fourth-order valence-corrected chi connectivity index (χ4v) is 4.46. The van der Waals surface area contributed by atoms with Crippen LogP contribution in [0.5, 0.6) is 0 Å². The molecular formula is C24H30N2. The van der Waals surface area contributed by atoms with Crippen LogP contribution < -0.4 is 0 Å². The van der Waals surface area contributed by atoms with Crippen LogP contribution in [0.25, 0.3) is 0 Å². The standard InChI is InChI=1S/C24H30N2/c1-3-10-21(11-4-1)18-25-16-9-14-23(20-25)24-15-7-8-17-26(24)19-22-12-5-2-6-13-22/h1-6,10-13,20,24H,7-9,14-19H2. The number of benzene rings is 2. The van der Waals surface area contributed by atoms with Crippen molar-refractivity contribution in [2.75, 3.05) is 13.1 Å². The van der Waals surface area contributed by atoms with E-state index >= 15 is 0 Å². The largest absolute Gasteiger partial charge is 0.373 e. The number of rotatable bonds is 5. The Morgan fingerprint density at radius 2 is 1.42 bits per heavy atom. The first kappa shape index (κ1) is 17.4. The second-order valence-corrected chi connectivity index (χ2v) is 7.73. The van der Waals surface area contributed by atoms with Gasteiger partial charge in [0.05, 0.1) is 0 Å². The first-order chi connectivity index (χ1) is 12.9. The van der Waals surface area contributed by atoms with E-state index in [1.165, 1.54) is 56.3 Å². The maximum absolute atomic E-state index is 2.72. The Morgan fingerprint density at radius 1 is 0.731 bits per heavy atom. The maximum atomic E-state index is 2.72. The van der Waals surface area contributed by atoms with E-state index in [9.17, 15) is 0 Å². The molecule has 0 aliphatic carbocycles. The lowest BCUT2D eigenvalue weighted by molar-refractivity contribution is 0.155. The van der Waals surface area contributed by atoms with Gasteiger partial charge in [-0.1, -0.05) is 67.1 Å². The second-order valence-electron chi connectivity index (χ2n) is 7.73. The molecule has 0 spiro atoms. The summed E-state index contributed by atoms with van der Waals surface area (Å²) >= 11 is 0. The Bertz CT molecular complexity index is 708. The Labute approximate surface area is 158 Å². The number of piperidine rings is 1. The van der Waals surface area contributed by atoms with Gasteiger partial charge in [-0.3, -0.25) is 4.90 Å². The molecule has 2 aliphatic heterocycles. The van der Waals surface area contributed by atoms with Gasteiger partial charge in [0.2, 0.25) is 0 Å². The van der Waals surface area contributed by atoms with E-state index in [4.69, 9.17) is 0 Å². The maximum Gasteiger partial charge on any atom is 0.0423 e. The van der Waals surface area contributed by atoms with E-state index in [-0.39, 0.29) is 0 Å². The minimum atomic E-state index is 0.627. The predicted octanol–water partition coefficient (Wildman–Crippen LogP) is 5.22. The van der Waals surface area contributed by atoms with Gasteiger partial charge in [0, 0.05) is 31.9 Å². The van der Waals surface area contributed by atoms with Gasteiger partial charge < -0.3 is 4.90 Å². The van der Waals surface area contributed by atoms with Crippen LogP contribution in [0.1, 0.15) is 43.2 Å². The third-order valence-electron chi connectivity index (χ3n) is 5.76. The van der Waals surface area contributed by atoms with E-state index in [2.05, 4.69) is 76.7 Å². The van der Waals surface area contributed by atoms with Gasteiger partial charge in [0.1, 0.15) is 0 Å². The van der Waals surface area contributed by atoms with Crippen molar-refractivity contribution in [2.24, 2.45) is 0 Å². The quantitative estimate of drug-likeness (QED) is 0.732. The molecule has 1 fully saturated rings. The van der Waals surface area contributed by atoms with Crippen LogP contribution in [-0.2, 0) is 13.1 Å². The molecule has 26 heavy (non-hydrogen) atoms.